The Kier molecular flexibility index (Phi) is 4.46. The van der Waals surface area contributed by atoms with E-state index in [0.717, 1.165) is 24.4 Å². The average molecular weight is 383 g/mol. The third kappa shape index (κ3) is 2.97. The van der Waals surface area contributed by atoms with Crippen LogP contribution in [0.4, 0.5) is 4.79 Å². The van der Waals surface area contributed by atoms with Gasteiger partial charge in [-0.25, -0.2) is 9.37 Å². The van der Waals surface area contributed by atoms with Crippen molar-refractivity contribution in [3.8, 4) is 0 Å². The van der Waals surface area contributed by atoms with E-state index in [1.165, 1.54) is 23.1 Å². The minimum atomic E-state index is -0.799. The van der Waals surface area contributed by atoms with E-state index in [-0.39, 0.29) is 6.54 Å². The summed E-state index contributed by atoms with van der Waals surface area (Å²) < 4.78 is 1.62. The number of urea groups is 1. The van der Waals surface area contributed by atoms with Crippen LogP contribution in [0.2, 0.25) is 0 Å². The molecular formula is C19H23N6O3+. The van der Waals surface area contributed by atoms with Gasteiger partial charge in [0.2, 0.25) is 0 Å². The first-order valence-corrected chi connectivity index (χ1v) is 9.20. The van der Waals surface area contributed by atoms with Gasteiger partial charge in [-0.05, 0) is 22.5 Å². The summed E-state index contributed by atoms with van der Waals surface area (Å²) in [5.74, 6) is -0.0155. The Morgan fingerprint density at radius 2 is 1.93 bits per heavy atom. The highest BCUT2D eigenvalue weighted by atomic mass is 16.2. The number of primary amides is 1. The molecule has 9 nitrogen and oxygen atoms in total. The Morgan fingerprint density at radius 1 is 1.21 bits per heavy atom. The summed E-state index contributed by atoms with van der Waals surface area (Å²) in [6.07, 6.45) is 0.930. The maximum absolute atomic E-state index is 12.7. The largest absolute Gasteiger partial charge is 0.366 e. The van der Waals surface area contributed by atoms with E-state index >= 15 is 0 Å². The highest BCUT2D eigenvalue weighted by Crippen LogP contribution is 2.22. The summed E-state index contributed by atoms with van der Waals surface area (Å²) in [4.78, 5) is 45.9. The fraction of sp³-hybridized carbons (Fsp3) is 0.421. The zero-order valence-corrected chi connectivity index (χ0v) is 16.0. The summed E-state index contributed by atoms with van der Waals surface area (Å²) in [7, 11) is 3.01. The third-order valence-electron chi connectivity index (χ3n) is 5.51. The van der Waals surface area contributed by atoms with Gasteiger partial charge in [-0.3, -0.25) is 24.3 Å². The van der Waals surface area contributed by atoms with Crippen LogP contribution >= 0.6 is 0 Å². The molecule has 0 radical (unpaired) electrons. The van der Waals surface area contributed by atoms with Crippen LogP contribution < -0.4 is 5.73 Å². The number of amides is 4. The maximum Gasteiger partial charge on any atom is 0.333 e. The molecule has 1 saturated heterocycles. The topological polar surface area (TPSA) is 102 Å². The van der Waals surface area contributed by atoms with Gasteiger partial charge in [-0.15, -0.1) is 0 Å². The average Bonchev–Trinajstić information content (AvgIpc) is 3.02. The molecule has 1 fully saturated rings. The molecule has 1 unspecified atom stereocenters. The number of nitrogens with zero attached hydrogens (tertiary/aromatic N) is 5. The van der Waals surface area contributed by atoms with Crippen LogP contribution in [0.25, 0.3) is 0 Å². The van der Waals surface area contributed by atoms with Gasteiger partial charge in [-0.1, -0.05) is 24.3 Å². The number of hydrogen-bond donors (Lipinski definition) is 1. The van der Waals surface area contributed by atoms with Crippen LogP contribution in [0, 0.1) is 0 Å². The molecule has 0 aromatic heterocycles. The highest BCUT2D eigenvalue weighted by molar-refractivity contribution is 6.23. The fourth-order valence-electron chi connectivity index (χ4n) is 4.01. The zero-order valence-electron chi connectivity index (χ0n) is 16.0. The van der Waals surface area contributed by atoms with Gasteiger partial charge in [0.25, 0.3) is 23.7 Å². The molecule has 1 aromatic carbocycles. The van der Waals surface area contributed by atoms with Crippen molar-refractivity contribution in [3.63, 3.8) is 0 Å². The molecule has 4 amide bonds. The number of imide groups is 1. The number of rotatable bonds is 4. The minimum absolute atomic E-state index is 0.126. The fourth-order valence-corrected chi connectivity index (χ4v) is 4.01. The van der Waals surface area contributed by atoms with E-state index in [0.29, 0.717) is 18.2 Å². The predicted octanol–water partition coefficient (Wildman–Crippen LogP) is -0.754. The summed E-state index contributed by atoms with van der Waals surface area (Å²) in [6, 6.07) is 7.07. The summed E-state index contributed by atoms with van der Waals surface area (Å²) in [6.45, 7) is 1.96. The molecule has 9 heteroatoms. The zero-order chi connectivity index (χ0) is 20.0. The Labute approximate surface area is 162 Å². The van der Waals surface area contributed by atoms with Crippen LogP contribution in [0.3, 0.4) is 0 Å². The molecule has 0 spiro atoms. The first kappa shape index (κ1) is 18.3. The van der Waals surface area contributed by atoms with Gasteiger partial charge in [0, 0.05) is 27.2 Å². The van der Waals surface area contributed by atoms with Gasteiger partial charge in [0.05, 0.1) is 0 Å². The van der Waals surface area contributed by atoms with Crippen molar-refractivity contribution in [2.75, 3.05) is 33.7 Å². The lowest BCUT2D eigenvalue weighted by Crippen LogP contribution is -2.62. The number of fused-ring (bicyclic) bond motifs is 2. The van der Waals surface area contributed by atoms with Gasteiger partial charge >= 0.3 is 11.9 Å². The molecule has 0 aliphatic carbocycles. The number of likely N-dealkylation sites (N-methyl/N-ethyl adjacent to an activating group) is 2. The molecule has 146 valence electrons. The third-order valence-corrected chi connectivity index (χ3v) is 5.51. The van der Waals surface area contributed by atoms with Crippen LogP contribution in [-0.4, -0.2) is 88.6 Å². The number of nitrogens with two attached hydrogens (primary N) is 1. The van der Waals surface area contributed by atoms with Crippen LogP contribution in [-0.2, 0) is 22.6 Å². The molecule has 3 heterocycles. The van der Waals surface area contributed by atoms with E-state index < -0.39 is 23.9 Å². The Balaban J connectivity index is 1.65. The van der Waals surface area contributed by atoms with E-state index in [2.05, 4.69) is 22.0 Å². The minimum Gasteiger partial charge on any atom is -0.366 e. The van der Waals surface area contributed by atoms with Crippen molar-refractivity contribution in [2.24, 2.45) is 10.7 Å². The molecule has 2 N–H and O–H groups in total. The van der Waals surface area contributed by atoms with Crippen LogP contribution in [0.1, 0.15) is 11.1 Å². The number of benzene rings is 1. The van der Waals surface area contributed by atoms with E-state index in [9.17, 15) is 14.4 Å². The number of amidine groups is 2. The molecule has 3 aliphatic rings. The quantitative estimate of drug-likeness (QED) is 0.691. The highest BCUT2D eigenvalue weighted by Gasteiger charge is 2.53. The molecule has 0 bridgehead atoms. The van der Waals surface area contributed by atoms with Crippen LogP contribution in [0.15, 0.2) is 29.3 Å². The smallest absolute Gasteiger partial charge is 0.333 e. The second-order valence-corrected chi connectivity index (χ2v) is 7.35. The van der Waals surface area contributed by atoms with E-state index in [1.807, 2.05) is 12.1 Å². The van der Waals surface area contributed by atoms with Crippen molar-refractivity contribution >= 4 is 29.5 Å². The summed E-state index contributed by atoms with van der Waals surface area (Å²) in [5.41, 5.74) is 8.04. The monoisotopic (exact) mass is 383 g/mol. The van der Waals surface area contributed by atoms with Crippen molar-refractivity contribution in [1.29, 1.82) is 0 Å². The number of aliphatic imine (C=N–C) groups is 1. The molecule has 1 aromatic rings. The van der Waals surface area contributed by atoms with Crippen molar-refractivity contribution < 1.29 is 19.0 Å². The standard InChI is InChI=1S/C19H22N6O3/c1-22-17-16(18(27)23(2)19(22)28)25(10-14(20)26)15(21-17)11-24-8-7-12-5-3-4-6-13(12)9-24/h3-6,16H,7-11H2,1-2H3,(H-,20,26)/p+1. The summed E-state index contributed by atoms with van der Waals surface area (Å²) in [5, 5.41) is 0. The Hall–Kier alpha value is -3.07. The van der Waals surface area contributed by atoms with E-state index in [1.54, 1.807) is 11.6 Å². The summed E-state index contributed by atoms with van der Waals surface area (Å²) >= 11 is 0. The van der Waals surface area contributed by atoms with Crippen molar-refractivity contribution in [2.45, 2.75) is 19.0 Å². The van der Waals surface area contributed by atoms with E-state index in [4.69, 9.17) is 5.73 Å². The molecule has 28 heavy (non-hydrogen) atoms. The Bertz CT molecular complexity index is 937. The molecule has 3 aliphatic heterocycles. The van der Waals surface area contributed by atoms with Gasteiger partial charge < -0.3 is 5.73 Å². The Morgan fingerprint density at radius 3 is 2.64 bits per heavy atom. The lowest BCUT2D eigenvalue weighted by molar-refractivity contribution is -0.525. The van der Waals surface area contributed by atoms with Gasteiger partial charge in [0.15, 0.2) is 6.54 Å². The normalized spacial score (nSPS) is 22.4. The predicted molar refractivity (Wildman–Crippen MR) is 102 cm³/mol. The maximum atomic E-state index is 12.7. The molecular weight excluding hydrogens is 360 g/mol. The SMILES string of the molecule is CN1C(=O)C2C(=NC(CN3CCc4ccccc4C3)=[N+]2CC(N)=O)N(C)C1=O. The van der Waals surface area contributed by atoms with Crippen molar-refractivity contribution in [3.05, 3.63) is 35.4 Å². The molecule has 4 rings (SSSR count). The first-order valence-electron chi connectivity index (χ1n) is 9.20. The van der Waals surface area contributed by atoms with Crippen molar-refractivity contribution in [1.82, 2.24) is 14.7 Å². The van der Waals surface area contributed by atoms with Gasteiger partial charge in [0.1, 0.15) is 6.54 Å². The second kappa shape index (κ2) is 6.83. The number of hydrogen-bond acceptors (Lipinski definition) is 5. The van der Waals surface area contributed by atoms with Gasteiger partial charge in [-0.2, -0.15) is 0 Å². The first-order chi connectivity index (χ1) is 13.4. The number of carbonyl (C=O) groups is 3. The van der Waals surface area contributed by atoms with Crippen LogP contribution in [0.5, 0.6) is 0 Å². The lowest BCUT2D eigenvalue weighted by atomic mass is 10.00. The molecule has 0 saturated carbocycles. The second-order valence-electron chi connectivity index (χ2n) is 7.35. The number of carbonyl (C=O) groups excluding carboxylic acids is 3. The molecule has 1 atom stereocenters. The lowest BCUT2D eigenvalue weighted by Gasteiger charge is -2.30.